The second-order valence-corrected chi connectivity index (χ2v) is 5.98. The van der Waals surface area contributed by atoms with E-state index in [4.69, 9.17) is 0 Å². The standard InChI is InChI=1S/C15H19N5O4S/c1-9(15(23)24)20(7-6-16-10(2)21)8-13(22)17-11-4-3-5-12-14(11)19-25-18-12/h3-5,9H,6-8H2,1-2H3,(H,16,21)(H,17,22)(H,23,24). The van der Waals surface area contributed by atoms with Crippen LogP contribution in [0.3, 0.4) is 0 Å². The summed E-state index contributed by atoms with van der Waals surface area (Å²) in [6.45, 7) is 3.24. The predicted octanol–water partition coefficient (Wildman–Crippen LogP) is 1.26. The number of carbonyl (C=O) groups excluding carboxylic acids is 2. The summed E-state index contributed by atoms with van der Waals surface area (Å²) < 4.78 is 8.25. The van der Waals surface area contributed by atoms with Gasteiger partial charge in [-0.3, -0.25) is 19.3 Å². The Labute approximate surface area is 148 Å². The lowest BCUT2D eigenvalue weighted by Crippen LogP contribution is -2.46. The first kappa shape index (κ1) is 18.7. The Morgan fingerprint density at radius 3 is 2.76 bits per heavy atom. The van der Waals surface area contributed by atoms with Gasteiger partial charge in [0.05, 0.1) is 23.6 Å². The van der Waals surface area contributed by atoms with Crippen LogP contribution in [0.15, 0.2) is 26.9 Å². The van der Waals surface area contributed by atoms with E-state index in [1.165, 1.54) is 18.7 Å². The molecule has 1 aromatic carbocycles. The zero-order chi connectivity index (χ0) is 18.4. The van der Waals surface area contributed by atoms with Crippen LogP contribution in [-0.4, -0.2) is 53.5 Å². The second-order valence-electron chi connectivity index (χ2n) is 5.45. The first-order valence-electron chi connectivity index (χ1n) is 7.61. The topological polar surface area (TPSA) is 123 Å². The number of fused-ring (bicyclic) bond motifs is 1. The number of anilines is 1. The van der Waals surface area contributed by atoms with Crippen LogP contribution in [0.25, 0.3) is 0 Å². The Morgan fingerprint density at radius 1 is 1.32 bits per heavy atom. The third-order valence-corrected chi connectivity index (χ3v) is 4.13. The third-order valence-electron chi connectivity index (χ3n) is 3.58. The van der Waals surface area contributed by atoms with Crippen molar-refractivity contribution < 1.29 is 19.5 Å². The molecule has 0 fully saturated rings. The lowest BCUT2D eigenvalue weighted by Gasteiger charge is -2.25. The molecule has 3 N–H and O–H groups in total. The van der Waals surface area contributed by atoms with Crippen molar-refractivity contribution >= 4 is 46.2 Å². The van der Waals surface area contributed by atoms with Crippen molar-refractivity contribution in [1.82, 2.24) is 10.2 Å². The number of amides is 2. The van der Waals surface area contributed by atoms with E-state index in [-0.39, 0.29) is 31.4 Å². The number of hydrogen-bond acceptors (Lipinski definition) is 6. The summed E-state index contributed by atoms with van der Waals surface area (Å²) in [6.07, 6.45) is 0. The number of benzene rings is 1. The molecule has 1 heterocycles. The number of aliphatic carboxylic acids is 1. The molecule has 0 bridgehead atoms. The molecule has 0 saturated carbocycles. The van der Waals surface area contributed by atoms with E-state index in [2.05, 4.69) is 19.4 Å². The average Bonchev–Trinajstić information content (AvgIpc) is 3.02. The monoisotopic (exact) mass is 365 g/mol. The highest BCUT2D eigenvalue weighted by Crippen LogP contribution is 2.38. The van der Waals surface area contributed by atoms with Crippen molar-refractivity contribution in [3.8, 4) is 0 Å². The van der Waals surface area contributed by atoms with Gasteiger partial charge >= 0.3 is 5.97 Å². The van der Waals surface area contributed by atoms with Crippen molar-refractivity contribution in [2.75, 3.05) is 25.0 Å². The molecule has 1 aromatic rings. The van der Waals surface area contributed by atoms with E-state index in [1.807, 2.05) is 0 Å². The molecule has 1 aliphatic heterocycles. The Balaban J connectivity index is 2.01. The smallest absolute Gasteiger partial charge is 0.320 e. The number of nitrogens with one attached hydrogen (secondary N) is 2. The molecule has 1 atom stereocenters. The third kappa shape index (κ3) is 5.19. The highest BCUT2D eigenvalue weighted by molar-refractivity contribution is 7.58. The predicted molar refractivity (Wildman–Crippen MR) is 94.0 cm³/mol. The molecular formula is C15H19N5O4S. The molecule has 25 heavy (non-hydrogen) atoms. The molecule has 1 unspecified atom stereocenters. The molecule has 0 saturated heterocycles. The Morgan fingerprint density at radius 2 is 2.08 bits per heavy atom. The van der Waals surface area contributed by atoms with Gasteiger partial charge < -0.3 is 15.7 Å². The van der Waals surface area contributed by atoms with Gasteiger partial charge in [-0.1, -0.05) is 6.07 Å². The van der Waals surface area contributed by atoms with Crippen LogP contribution in [0.5, 0.6) is 0 Å². The minimum atomic E-state index is -1.04. The van der Waals surface area contributed by atoms with Crippen molar-refractivity contribution in [1.29, 1.82) is 0 Å². The second kappa shape index (κ2) is 8.49. The number of carboxylic acid groups (broad SMARTS) is 1. The lowest BCUT2D eigenvalue weighted by molar-refractivity contribution is -0.142. The maximum Gasteiger partial charge on any atom is 0.320 e. The number of nitrogens with zero attached hydrogens (tertiary/aromatic N) is 3. The van der Waals surface area contributed by atoms with Gasteiger partial charge in [-0.15, -0.1) is 0 Å². The van der Waals surface area contributed by atoms with Gasteiger partial charge in [-0.05, 0) is 19.1 Å². The zero-order valence-electron chi connectivity index (χ0n) is 13.9. The van der Waals surface area contributed by atoms with Crippen LogP contribution in [0.1, 0.15) is 13.8 Å². The molecule has 0 aliphatic carbocycles. The van der Waals surface area contributed by atoms with Crippen LogP contribution in [0.2, 0.25) is 0 Å². The maximum absolute atomic E-state index is 12.3. The summed E-state index contributed by atoms with van der Waals surface area (Å²) in [5.74, 6) is -1.62. The quantitative estimate of drug-likeness (QED) is 0.650. The molecule has 2 rings (SSSR count). The van der Waals surface area contributed by atoms with Gasteiger partial charge in [0.25, 0.3) is 0 Å². The maximum atomic E-state index is 12.3. The average molecular weight is 365 g/mol. The fourth-order valence-corrected chi connectivity index (χ4v) is 2.77. The number of rotatable bonds is 8. The van der Waals surface area contributed by atoms with Crippen molar-refractivity contribution in [3.05, 3.63) is 18.2 Å². The largest absolute Gasteiger partial charge is 0.480 e. The van der Waals surface area contributed by atoms with E-state index < -0.39 is 12.0 Å². The van der Waals surface area contributed by atoms with Gasteiger partial charge in [0.15, 0.2) is 0 Å². The van der Waals surface area contributed by atoms with E-state index in [1.54, 1.807) is 18.2 Å². The van der Waals surface area contributed by atoms with Crippen LogP contribution in [0, 0.1) is 0 Å². The first-order chi connectivity index (χ1) is 11.9. The first-order valence-corrected chi connectivity index (χ1v) is 8.34. The van der Waals surface area contributed by atoms with Gasteiger partial charge in [-0.25, -0.2) is 0 Å². The molecule has 2 amide bonds. The van der Waals surface area contributed by atoms with Gasteiger partial charge in [-0.2, -0.15) is 8.73 Å². The highest BCUT2D eigenvalue weighted by atomic mass is 32.1. The molecule has 0 spiro atoms. The number of carbonyl (C=O) groups is 3. The zero-order valence-corrected chi connectivity index (χ0v) is 14.7. The van der Waals surface area contributed by atoms with Crippen molar-refractivity contribution in [2.24, 2.45) is 8.73 Å². The minimum Gasteiger partial charge on any atom is -0.480 e. The fourth-order valence-electron chi connectivity index (χ4n) is 2.22. The van der Waals surface area contributed by atoms with Crippen LogP contribution < -0.4 is 10.6 Å². The van der Waals surface area contributed by atoms with Crippen LogP contribution in [0.4, 0.5) is 17.1 Å². The summed E-state index contributed by atoms with van der Waals surface area (Å²) in [5.41, 5.74) is 1.81. The van der Waals surface area contributed by atoms with Crippen molar-refractivity contribution in [2.45, 2.75) is 19.9 Å². The van der Waals surface area contributed by atoms with Crippen LogP contribution in [-0.2, 0) is 25.7 Å². The lowest BCUT2D eigenvalue weighted by atomic mass is 10.2. The number of hydrogen-bond donors (Lipinski definition) is 3. The normalized spacial score (nSPS) is 13.1. The van der Waals surface area contributed by atoms with E-state index in [9.17, 15) is 19.5 Å². The number of carboxylic acids is 1. The summed E-state index contributed by atoms with van der Waals surface area (Å²) in [6, 6.07) is 4.40. The minimum absolute atomic E-state index is 0.124. The van der Waals surface area contributed by atoms with Gasteiger partial charge in [0.1, 0.15) is 17.4 Å². The molecular weight excluding hydrogens is 346 g/mol. The molecule has 1 aliphatic rings. The van der Waals surface area contributed by atoms with Gasteiger partial charge in [0, 0.05) is 20.0 Å². The molecule has 9 nitrogen and oxygen atoms in total. The van der Waals surface area contributed by atoms with Crippen molar-refractivity contribution in [3.63, 3.8) is 0 Å². The SMILES string of the molecule is CC(=O)NCCN(CC(=O)Nc1cccc2c1N=S=N2)C(C)C(=O)O. The summed E-state index contributed by atoms with van der Waals surface area (Å²) in [5, 5.41) is 14.5. The highest BCUT2D eigenvalue weighted by Gasteiger charge is 2.23. The van der Waals surface area contributed by atoms with E-state index >= 15 is 0 Å². The van der Waals surface area contributed by atoms with Gasteiger partial charge in [0.2, 0.25) is 11.8 Å². The Hall–Kier alpha value is -2.59. The Kier molecular flexibility index (Phi) is 6.37. The van der Waals surface area contributed by atoms with E-state index in [0.717, 1.165) is 11.4 Å². The summed E-state index contributed by atoms with van der Waals surface area (Å²) in [4.78, 5) is 36.0. The molecule has 0 aromatic heterocycles. The summed E-state index contributed by atoms with van der Waals surface area (Å²) in [7, 11) is 0. The van der Waals surface area contributed by atoms with Crippen LogP contribution >= 0.6 is 0 Å². The molecule has 134 valence electrons. The summed E-state index contributed by atoms with van der Waals surface area (Å²) >= 11 is 1.05. The molecule has 0 radical (unpaired) electrons. The molecule has 10 heteroatoms. The van der Waals surface area contributed by atoms with E-state index in [0.29, 0.717) is 17.1 Å². The fraction of sp³-hybridized carbons (Fsp3) is 0.400. The Bertz CT molecular complexity index is 760.